The molecule has 1 aliphatic carbocycles. The molecule has 0 amide bonds. The van der Waals surface area contributed by atoms with E-state index in [0.717, 1.165) is 36.8 Å². The fourth-order valence-electron chi connectivity index (χ4n) is 2.76. The summed E-state index contributed by atoms with van der Waals surface area (Å²) in [4.78, 5) is 8.66. The van der Waals surface area contributed by atoms with Crippen LogP contribution < -0.4 is 10.6 Å². The Labute approximate surface area is 114 Å². The molecule has 1 heterocycles. The Morgan fingerprint density at radius 2 is 1.89 bits per heavy atom. The van der Waals surface area contributed by atoms with Gasteiger partial charge in [0.15, 0.2) is 0 Å². The van der Waals surface area contributed by atoms with E-state index in [1.807, 2.05) is 20.0 Å². The number of hydrogen-bond donors (Lipinski definition) is 3. The molecule has 19 heavy (non-hydrogen) atoms. The third-order valence-electron chi connectivity index (χ3n) is 3.99. The van der Waals surface area contributed by atoms with Crippen LogP contribution in [0.1, 0.15) is 37.9 Å². The maximum Gasteiger partial charge on any atom is 0.131 e. The summed E-state index contributed by atoms with van der Waals surface area (Å²) in [5.41, 5.74) is 0.0247. The van der Waals surface area contributed by atoms with E-state index in [0.29, 0.717) is 0 Å². The maximum atomic E-state index is 9.69. The quantitative estimate of drug-likeness (QED) is 0.760. The van der Waals surface area contributed by atoms with Gasteiger partial charge < -0.3 is 15.7 Å². The van der Waals surface area contributed by atoms with Gasteiger partial charge in [0.2, 0.25) is 0 Å². The second kappa shape index (κ2) is 6.19. The van der Waals surface area contributed by atoms with E-state index in [-0.39, 0.29) is 12.0 Å². The lowest BCUT2D eigenvalue weighted by Crippen LogP contribution is -2.35. The Kier molecular flexibility index (Phi) is 4.58. The molecule has 1 saturated carbocycles. The molecule has 0 aromatic carbocycles. The molecule has 2 rings (SSSR count). The molecule has 3 N–H and O–H groups in total. The molecule has 1 aromatic heterocycles. The van der Waals surface area contributed by atoms with Gasteiger partial charge in [-0.3, -0.25) is 0 Å². The molecule has 0 bridgehead atoms. The molecule has 1 fully saturated rings. The summed E-state index contributed by atoms with van der Waals surface area (Å²) in [5.74, 6) is 2.39. The zero-order chi connectivity index (χ0) is 13.7. The first-order valence-corrected chi connectivity index (χ1v) is 7.06. The molecule has 0 spiro atoms. The molecule has 0 radical (unpaired) electrons. The number of nitrogens with one attached hydrogen (secondary N) is 2. The standard InChI is InChI=1S/C14H24N4O/c1-11-17-12(15-2)8-13(18-11)16-9-14(10-19)6-4-3-5-7-14/h8,19H,3-7,9-10H2,1-2H3,(H2,15,16,17,18). The van der Waals surface area contributed by atoms with Crippen molar-refractivity contribution in [2.75, 3.05) is 30.8 Å². The summed E-state index contributed by atoms with van der Waals surface area (Å²) >= 11 is 0. The molecule has 5 nitrogen and oxygen atoms in total. The smallest absolute Gasteiger partial charge is 0.131 e. The van der Waals surface area contributed by atoms with Gasteiger partial charge in [0.05, 0.1) is 6.61 Å². The third-order valence-corrected chi connectivity index (χ3v) is 3.99. The van der Waals surface area contributed by atoms with Crippen molar-refractivity contribution in [2.24, 2.45) is 5.41 Å². The fourth-order valence-corrected chi connectivity index (χ4v) is 2.76. The van der Waals surface area contributed by atoms with Crippen molar-refractivity contribution >= 4 is 11.6 Å². The Morgan fingerprint density at radius 3 is 2.53 bits per heavy atom. The van der Waals surface area contributed by atoms with Crippen LogP contribution in [-0.2, 0) is 0 Å². The monoisotopic (exact) mass is 264 g/mol. The number of anilines is 2. The zero-order valence-corrected chi connectivity index (χ0v) is 11.9. The van der Waals surface area contributed by atoms with Gasteiger partial charge in [0.1, 0.15) is 17.5 Å². The Bertz CT molecular complexity index is 416. The first kappa shape index (κ1) is 14.1. The molecular weight excluding hydrogens is 240 g/mol. The minimum absolute atomic E-state index is 0.0247. The average Bonchev–Trinajstić information content (AvgIpc) is 2.45. The molecular formula is C14H24N4O. The van der Waals surface area contributed by atoms with Gasteiger partial charge in [-0.2, -0.15) is 0 Å². The molecule has 0 unspecified atom stereocenters. The average molecular weight is 264 g/mol. The topological polar surface area (TPSA) is 70.1 Å². The number of nitrogens with zero attached hydrogens (tertiary/aromatic N) is 2. The van der Waals surface area contributed by atoms with Gasteiger partial charge in [0.25, 0.3) is 0 Å². The molecule has 106 valence electrons. The van der Waals surface area contributed by atoms with Crippen LogP contribution in [0.15, 0.2) is 6.07 Å². The van der Waals surface area contributed by atoms with E-state index in [1.165, 1.54) is 19.3 Å². The third kappa shape index (κ3) is 3.56. The molecule has 0 atom stereocenters. The molecule has 0 aliphatic heterocycles. The van der Waals surface area contributed by atoms with Gasteiger partial charge in [0, 0.05) is 25.1 Å². The number of aromatic nitrogens is 2. The van der Waals surface area contributed by atoms with Gasteiger partial charge in [-0.1, -0.05) is 19.3 Å². The summed E-state index contributed by atoms with van der Waals surface area (Å²) in [6.45, 7) is 2.92. The van der Waals surface area contributed by atoms with E-state index < -0.39 is 0 Å². The van der Waals surface area contributed by atoms with Crippen LogP contribution in [-0.4, -0.2) is 35.3 Å². The minimum atomic E-state index is 0.0247. The Morgan fingerprint density at radius 1 is 1.21 bits per heavy atom. The Balaban J connectivity index is 2.02. The predicted octanol–water partition coefficient (Wildman–Crippen LogP) is 2.18. The van der Waals surface area contributed by atoms with Crippen LogP contribution in [0, 0.1) is 12.3 Å². The highest BCUT2D eigenvalue weighted by Gasteiger charge is 2.31. The van der Waals surface area contributed by atoms with E-state index in [1.54, 1.807) is 0 Å². The van der Waals surface area contributed by atoms with Gasteiger partial charge in [-0.25, -0.2) is 9.97 Å². The van der Waals surface area contributed by atoms with Crippen LogP contribution >= 0.6 is 0 Å². The van der Waals surface area contributed by atoms with Crippen LogP contribution in [0.3, 0.4) is 0 Å². The summed E-state index contributed by atoms with van der Waals surface area (Å²) in [6.07, 6.45) is 5.91. The van der Waals surface area contributed by atoms with E-state index in [2.05, 4.69) is 20.6 Å². The second-order valence-corrected chi connectivity index (χ2v) is 5.51. The summed E-state index contributed by atoms with van der Waals surface area (Å²) in [7, 11) is 1.85. The number of aryl methyl sites for hydroxylation is 1. The normalized spacial score (nSPS) is 18.1. The van der Waals surface area contributed by atoms with Crippen LogP contribution in [0.5, 0.6) is 0 Å². The van der Waals surface area contributed by atoms with Crippen LogP contribution in [0.4, 0.5) is 11.6 Å². The van der Waals surface area contributed by atoms with Gasteiger partial charge >= 0.3 is 0 Å². The highest BCUT2D eigenvalue weighted by Crippen LogP contribution is 2.35. The van der Waals surface area contributed by atoms with Crippen LogP contribution in [0.2, 0.25) is 0 Å². The maximum absolute atomic E-state index is 9.69. The number of hydrogen-bond acceptors (Lipinski definition) is 5. The van der Waals surface area contributed by atoms with Crippen molar-refractivity contribution in [3.63, 3.8) is 0 Å². The van der Waals surface area contributed by atoms with Crippen molar-refractivity contribution in [3.8, 4) is 0 Å². The summed E-state index contributed by atoms with van der Waals surface area (Å²) in [6, 6.07) is 1.90. The SMILES string of the molecule is CNc1cc(NCC2(CO)CCCCC2)nc(C)n1. The lowest BCUT2D eigenvalue weighted by Gasteiger charge is -2.35. The Hall–Kier alpha value is -1.36. The summed E-state index contributed by atoms with van der Waals surface area (Å²) < 4.78 is 0. The lowest BCUT2D eigenvalue weighted by molar-refractivity contribution is 0.0943. The highest BCUT2D eigenvalue weighted by atomic mass is 16.3. The van der Waals surface area contributed by atoms with E-state index in [4.69, 9.17) is 0 Å². The van der Waals surface area contributed by atoms with Crippen molar-refractivity contribution in [3.05, 3.63) is 11.9 Å². The molecule has 1 aromatic rings. The van der Waals surface area contributed by atoms with Crippen LogP contribution in [0.25, 0.3) is 0 Å². The van der Waals surface area contributed by atoms with Crippen molar-refractivity contribution in [1.29, 1.82) is 0 Å². The molecule has 1 aliphatic rings. The first-order chi connectivity index (χ1) is 9.17. The first-order valence-electron chi connectivity index (χ1n) is 7.06. The minimum Gasteiger partial charge on any atom is -0.396 e. The van der Waals surface area contributed by atoms with Crippen molar-refractivity contribution < 1.29 is 5.11 Å². The fraction of sp³-hybridized carbons (Fsp3) is 0.714. The molecule has 0 saturated heterocycles. The number of rotatable bonds is 5. The lowest BCUT2D eigenvalue weighted by atomic mass is 9.74. The van der Waals surface area contributed by atoms with Gasteiger partial charge in [-0.05, 0) is 19.8 Å². The number of aliphatic hydroxyl groups is 1. The van der Waals surface area contributed by atoms with Crippen molar-refractivity contribution in [2.45, 2.75) is 39.0 Å². The second-order valence-electron chi connectivity index (χ2n) is 5.51. The van der Waals surface area contributed by atoms with Crippen molar-refractivity contribution in [1.82, 2.24) is 9.97 Å². The summed E-state index contributed by atoms with van der Waals surface area (Å²) in [5, 5.41) is 16.1. The van der Waals surface area contributed by atoms with E-state index in [9.17, 15) is 5.11 Å². The van der Waals surface area contributed by atoms with E-state index >= 15 is 0 Å². The zero-order valence-electron chi connectivity index (χ0n) is 11.9. The largest absolute Gasteiger partial charge is 0.396 e. The van der Waals surface area contributed by atoms with Gasteiger partial charge in [-0.15, -0.1) is 0 Å². The molecule has 5 heteroatoms. The predicted molar refractivity (Wildman–Crippen MR) is 77.4 cm³/mol. The number of aliphatic hydroxyl groups excluding tert-OH is 1. The highest BCUT2D eigenvalue weighted by molar-refractivity contribution is 5.47.